The van der Waals surface area contributed by atoms with Crippen LogP contribution < -0.4 is 47.4 Å². The summed E-state index contributed by atoms with van der Waals surface area (Å²) in [6, 6.07) is 77.5. The molecule has 0 aliphatic rings. The Kier molecular flexibility index (Phi) is 47.1. The van der Waals surface area contributed by atoms with Crippen LogP contribution in [0.15, 0.2) is 267 Å². The van der Waals surface area contributed by atoms with Crippen LogP contribution in [0.1, 0.15) is 94.5 Å². The molecule has 535 valence electrons. The van der Waals surface area contributed by atoms with Gasteiger partial charge in [-0.15, -0.1) is 0 Å². The number of hydrogen-bond donors (Lipinski definition) is 0. The van der Waals surface area contributed by atoms with Crippen LogP contribution in [0.25, 0.3) is 0 Å². The molecule has 0 spiro atoms. The summed E-state index contributed by atoms with van der Waals surface area (Å²) >= 11 is 25.1. The monoisotopic (exact) mass is 1470 g/mol. The van der Waals surface area contributed by atoms with Crippen molar-refractivity contribution in [3.63, 3.8) is 0 Å². The Morgan fingerprint density at radius 1 is 0.170 bits per heavy atom. The summed E-state index contributed by atoms with van der Waals surface area (Å²) in [7, 11) is 0. The Morgan fingerprint density at radius 3 is 0.400 bits per heavy atom. The van der Waals surface area contributed by atoms with Crippen LogP contribution in [-0.2, 0) is 33.0 Å². The molecule has 0 saturated carbocycles. The van der Waals surface area contributed by atoms with Crippen LogP contribution >= 0.6 is 63.1 Å². The summed E-state index contributed by atoms with van der Waals surface area (Å²) in [5.41, 5.74) is 5.58. The van der Waals surface area contributed by atoms with Crippen molar-refractivity contribution in [1.82, 2.24) is 0 Å². The third-order valence-electron chi connectivity index (χ3n) is 13.1. The maximum atomic E-state index is 5.68. The van der Waals surface area contributed by atoms with E-state index in [1.807, 2.05) is 243 Å². The predicted octanol–water partition coefficient (Wildman–Crippen LogP) is 23.8. The first-order chi connectivity index (χ1) is 46.4. The summed E-state index contributed by atoms with van der Waals surface area (Å²) in [5, 5.41) is 0. The van der Waals surface area contributed by atoms with Gasteiger partial charge in [0.25, 0.3) is 0 Å². The van der Waals surface area contributed by atoms with Crippen molar-refractivity contribution in [1.29, 1.82) is 0 Å². The Bertz CT molecular complexity index is 3050. The zero-order valence-corrected chi connectivity index (χ0v) is 60.9. The molecule has 10 aromatic rings. The fourth-order valence-electron chi connectivity index (χ4n) is 8.02. The lowest BCUT2D eigenvalue weighted by Crippen LogP contribution is -1.97. The van der Waals surface area contributed by atoms with Crippen molar-refractivity contribution in [2.24, 2.45) is 0 Å². The SMILES string of the molecule is CCCOc1ccc(COc2ccc([S])cc2)cc1.CCCOc1ccc(COc2ccc([S])cc2)cc1.CCCOc1ccc(COc2ccc([S])cc2)cc1.CCCOc1ccc(COc2ccc([S])cc2)cc1.CCCOc1ccc(COc2ccc([S])cc2)cc1.F.F.F.F.F. The molecule has 0 bridgehead atoms. The molecule has 0 aliphatic carbocycles. The van der Waals surface area contributed by atoms with Gasteiger partial charge in [0.2, 0.25) is 0 Å². The van der Waals surface area contributed by atoms with Gasteiger partial charge in [-0.25, -0.2) is 0 Å². The van der Waals surface area contributed by atoms with E-state index in [0.717, 1.165) is 175 Å². The molecule has 0 heterocycles. The molecule has 20 heteroatoms. The van der Waals surface area contributed by atoms with Crippen LogP contribution in [0.3, 0.4) is 0 Å². The highest BCUT2D eigenvalue weighted by atomic mass is 32.1. The van der Waals surface area contributed by atoms with E-state index in [2.05, 4.69) is 34.6 Å². The van der Waals surface area contributed by atoms with E-state index in [1.165, 1.54) is 0 Å². The lowest BCUT2D eigenvalue weighted by Gasteiger charge is -2.08. The minimum Gasteiger partial charge on any atom is -0.494 e. The highest BCUT2D eigenvalue weighted by Crippen LogP contribution is 2.24. The summed E-state index contributed by atoms with van der Waals surface area (Å²) in [4.78, 5) is 4.12. The van der Waals surface area contributed by atoms with Crippen molar-refractivity contribution in [2.75, 3.05) is 33.0 Å². The maximum Gasteiger partial charge on any atom is 0.119 e. The van der Waals surface area contributed by atoms with Gasteiger partial charge in [-0.3, -0.25) is 23.5 Å². The first kappa shape index (κ1) is 89.0. The quantitative estimate of drug-likeness (QED) is 0.0405. The minimum absolute atomic E-state index is 0. The van der Waals surface area contributed by atoms with Crippen LogP contribution in [-0.4, -0.2) is 33.0 Å². The van der Waals surface area contributed by atoms with E-state index in [9.17, 15) is 0 Å². The third kappa shape index (κ3) is 37.2. The molecule has 0 aromatic heterocycles. The van der Waals surface area contributed by atoms with Crippen LogP contribution in [0.4, 0.5) is 23.5 Å². The van der Waals surface area contributed by atoms with Gasteiger partial charge in [0.1, 0.15) is 90.5 Å². The largest absolute Gasteiger partial charge is 0.494 e. The summed E-state index contributed by atoms with van der Waals surface area (Å²) < 4.78 is 56.1. The fraction of sp³-hybridized carbons (Fsp3) is 0.250. The second-order valence-corrected chi connectivity index (χ2v) is 23.6. The van der Waals surface area contributed by atoms with Crippen molar-refractivity contribution in [3.8, 4) is 57.5 Å². The van der Waals surface area contributed by atoms with E-state index in [0.29, 0.717) is 33.0 Å². The molecule has 0 saturated heterocycles. The number of benzene rings is 10. The minimum atomic E-state index is 0. The molecular weight excluding hydrogens is 1380 g/mol. The second kappa shape index (κ2) is 52.9. The first-order valence-electron chi connectivity index (χ1n) is 32.0. The van der Waals surface area contributed by atoms with Crippen LogP contribution in [0, 0.1) is 0 Å². The molecule has 0 aliphatic heterocycles. The number of rotatable bonds is 30. The molecule has 10 rings (SSSR count). The Morgan fingerprint density at radius 2 is 0.280 bits per heavy atom. The molecule has 0 amide bonds. The zero-order valence-electron chi connectivity index (χ0n) is 56.9. The van der Waals surface area contributed by atoms with Gasteiger partial charge in [-0.2, -0.15) is 0 Å². The molecule has 0 unspecified atom stereocenters. The summed E-state index contributed by atoms with van der Waals surface area (Å²) in [5.74, 6) is 8.69. The van der Waals surface area contributed by atoms with Gasteiger partial charge in [-0.05, 0) is 242 Å². The molecule has 10 nitrogen and oxygen atoms in total. The van der Waals surface area contributed by atoms with Crippen molar-refractivity contribution < 1.29 is 70.9 Å². The van der Waals surface area contributed by atoms with Gasteiger partial charge in [-0.1, -0.05) is 158 Å². The van der Waals surface area contributed by atoms with E-state index < -0.39 is 0 Å². The molecule has 0 N–H and O–H groups in total. The fourth-order valence-corrected chi connectivity index (χ4v) is 8.70. The molecular formula is C80H90F5O10S5. The Hall–Kier alpha value is -9.05. The van der Waals surface area contributed by atoms with E-state index >= 15 is 0 Å². The second-order valence-electron chi connectivity index (χ2n) is 21.3. The van der Waals surface area contributed by atoms with E-state index in [1.54, 1.807) is 0 Å². The standard InChI is InChI=1S/5C16H17O2S.5FH/c5*1-2-11-17-14-5-3-13(4-6-14)12-18-15-7-9-16(19)10-8-15;;;;;/h5*3-10H,2,11-12H2,1H3;5*1H. The van der Waals surface area contributed by atoms with E-state index in [-0.39, 0.29) is 23.5 Å². The third-order valence-corrected chi connectivity index (χ3v) is 14.5. The summed E-state index contributed by atoms with van der Waals surface area (Å²) in [6.45, 7) is 17.0. The number of hydrogen-bond acceptors (Lipinski definition) is 10. The lowest BCUT2D eigenvalue weighted by atomic mass is 10.2. The zero-order chi connectivity index (χ0) is 67.5. The Balaban J connectivity index is 0.000000617. The van der Waals surface area contributed by atoms with Crippen molar-refractivity contribution in [2.45, 2.75) is 124 Å². The highest BCUT2D eigenvalue weighted by Gasteiger charge is 2.04. The molecule has 100 heavy (non-hydrogen) atoms. The molecule has 0 fully saturated rings. The predicted molar refractivity (Wildman–Crippen MR) is 407 cm³/mol. The van der Waals surface area contributed by atoms with Gasteiger partial charge < -0.3 is 47.4 Å². The van der Waals surface area contributed by atoms with Crippen LogP contribution in [0.2, 0.25) is 0 Å². The lowest BCUT2D eigenvalue weighted by molar-refractivity contribution is 0.304. The van der Waals surface area contributed by atoms with Gasteiger partial charge in [0.05, 0.1) is 33.0 Å². The average Bonchev–Trinajstić information content (AvgIpc) is 1.06. The maximum absolute atomic E-state index is 5.68. The van der Waals surface area contributed by atoms with Crippen LogP contribution in [0.5, 0.6) is 57.5 Å². The first-order valence-corrected chi connectivity index (χ1v) is 34.0. The van der Waals surface area contributed by atoms with Gasteiger partial charge in [0.15, 0.2) is 0 Å². The van der Waals surface area contributed by atoms with Crippen molar-refractivity contribution >= 4 is 63.1 Å². The molecule has 5 radical (unpaired) electrons. The average molecular weight is 1470 g/mol. The van der Waals surface area contributed by atoms with E-state index in [4.69, 9.17) is 111 Å². The molecule has 0 atom stereocenters. The normalized spacial score (nSPS) is 9.65. The van der Waals surface area contributed by atoms with Gasteiger partial charge in [0, 0.05) is 24.5 Å². The van der Waals surface area contributed by atoms with Crippen molar-refractivity contribution in [3.05, 3.63) is 270 Å². The number of halogens is 5. The smallest absolute Gasteiger partial charge is 0.119 e. The number of ether oxygens (including phenoxy) is 10. The Labute approximate surface area is 615 Å². The molecule has 10 aromatic carbocycles. The topological polar surface area (TPSA) is 92.3 Å². The highest BCUT2D eigenvalue weighted by molar-refractivity contribution is 7.81. The van der Waals surface area contributed by atoms with Gasteiger partial charge >= 0.3 is 0 Å². The summed E-state index contributed by atoms with van der Waals surface area (Å²) in [6.07, 6.45) is 5.09.